The molecule has 3 heterocycles. The number of nitrogens with one attached hydrogen (secondary N) is 2. The molecule has 2 N–H and O–H groups in total. The molecular formula is C19H24F3N7O. The lowest BCUT2D eigenvalue weighted by molar-refractivity contribution is -0.144. The molecule has 4 rings (SSSR count). The molecule has 2 aromatic rings. The summed E-state index contributed by atoms with van der Waals surface area (Å²) in [5, 5.41) is 9.97. The molecule has 0 bridgehead atoms. The highest BCUT2D eigenvalue weighted by atomic mass is 19.4. The van der Waals surface area contributed by atoms with Crippen molar-refractivity contribution in [3.05, 3.63) is 23.7 Å². The number of hydrogen-bond donors (Lipinski definition) is 2. The molecular weight excluding hydrogens is 399 g/mol. The molecule has 0 unspecified atom stereocenters. The Bertz CT molecular complexity index is 952. The molecule has 1 saturated carbocycles. The molecule has 1 aliphatic heterocycles. The Labute approximate surface area is 171 Å². The molecule has 1 amide bonds. The van der Waals surface area contributed by atoms with E-state index in [2.05, 4.69) is 25.7 Å². The van der Waals surface area contributed by atoms with Crippen molar-refractivity contribution in [3.63, 3.8) is 0 Å². The van der Waals surface area contributed by atoms with Crippen molar-refractivity contribution in [2.75, 3.05) is 22.6 Å². The summed E-state index contributed by atoms with van der Waals surface area (Å²) in [7, 11) is 1.84. The van der Waals surface area contributed by atoms with Gasteiger partial charge in [-0.15, -0.1) is 0 Å². The predicted octanol–water partition coefficient (Wildman–Crippen LogP) is 3.06. The predicted molar refractivity (Wildman–Crippen MR) is 105 cm³/mol. The third kappa shape index (κ3) is 3.68. The minimum Gasteiger partial charge on any atom is -0.351 e. The number of anilines is 3. The van der Waals surface area contributed by atoms with Crippen LogP contribution in [0, 0.1) is 12.8 Å². The number of nitrogens with zero attached hydrogens (tertiary/aromatic N) is 5. The van der Waals surface area contributed by atoms with Crippen LogP contribution < -0.4 is 15.5 Å². The maximum absolute atomic E-state index is 13.0. The van der Waals surface area contributed by atoms with Crippen LogP contribution in [0.25, 0.3) is 0 Å². The number of rotatable bonds is 5. The molecule has 0 aromatic carbocycles. The smallest absolute Gasteiger partial charge is 0.351 e. The number of fused-ring (bicyclic) bond motifs is 1. The van der Waals surface area contributed by atoms with E-state index in [-0.39, 0.29) is 30.5 Å². The second-order valence-electron chi connectivity index (χ2n) is 7.93. The molecule has 30 heavy (non-hydrogen) atoms. The second kappa shape index (κ2) is 7.44. The highest BCUT2D eigenvalue weighted by Gasteiger charge is 2.37. The number of carbonyl (C=O) groups is 1. The first-order valence-electron chi connectivity index (χ1n) is 9.95. The van der Waals surface area contributed by atoms with Crippen LogP contribution in [-0.4, -0.2) is 44.8 Å². The van der Waals surface area contributed by atoms with Gasteiger partial charge < -0.3 is 15.5 Å². The Morgan fingerprint density at radius 3 is 2.70 bits per heavy atom. The second-order valence-corrected chi connectivity index (χ2v) is 7.93. The molecule has 1 aliphatic carbocycles. The van der Waals surface area contributed by atoms with Gasteiger partial charge in [-0.2, -0.15) is 23.3 Å². The van der Waals surface area contributed by atoms with Gasteiger partial charge >= 0.3 is 6.18 Å². The molecule has 2 aromatic heterocycles. The van der Waals surface area contributed by atoms with Gasteiger partial charge in [0, 0.05) is 25.8 Å². The lowest BCUT2D eigenvalue weighted by atomic mass is 9.80. The average Bonchev–Trinajstić information content (AvgIpc) is 3.10. The normalized spacial score (nSPS) is 23.6. The van der Waals surface area contributed by atoms with Crippen LogP contribution in [0.2, 0.25) is 0 Å². The van der Waals surface area contributed by atoms with Crippen LogP contribution in [0.1, 0.15) is 37.6 Å². The third-order valence-corrected chi connectivity index (χ3v) is 5.82. The van der Waals surface area contributed by atoms with Crippen molar-refractivity contribution >= 4 is 23.4 Å². The van der Waals surface area contributed by atoms with Gasteiger partial charge in [0.2, 0.25) is 11.9 Å². The lowest BCUT2D eigenvalue weighted by Gasteiger charge is -2.37. The fraction of sp³-hybridized carbons (Fsp3) is 0.579. The maximum atomic E-state index is 13.0. The quantitative estimate of drug-likeness (QED) is 0.769. The summed E-state index contributed by atoms with van der Waals surface area (Å²) in [5.41, 5.74) is 0.560. The molecule has 162 valence electrons. The van der Waals surface area contributed by atoms with Crippen molar-refractivity contribution in [2.45, 2.75) is 57.9 Å². The minimum absolute atomic E-state index is 0.0707. The molecule has 1 atom stereocenters. The van der Waals surface area contributed by atoms with Gasteiger partial charge in [0.25, 0.3) is 0 Å². The highest BCUT2D eigenvalue weighted by Crippen LogP contribution is 2.36. The SMILES string of the molecule is CC[C@H]1C(=O)Nc2c(C)nc(N[C@H]3C[C@@H](Cn4nccc4C(F)(F)F)C3)nc2N1C. The zero-order valence-corrected chi connectivity index (χ0v) is 17.0. The van der Waals surface area contributed by atoms with E-state index in [1.807, 2.05) is 25.8 Å². The molecule has 11 heteroatoms. The maximum Gasteiger partial charge on any atom is 0.433 e. The van der Waals surface area contributed by atoms with E-state index >= 15 is 0 Å². The van der Waals surface area contributed by atoms with E-state index in [1.54, 1.807) is 0 Å². The number of aryl methyl sites for hydroxylation is 1. The number of aromatic nitrogens is 4. The highest BCUT2D eigenvalue weighted by molar-refractivity contribution is 6.03. The van der Waals surface area contributed by atoms with Crippen molar-refractivity contribution < 1.29 is 18.0 Å². The number of likely N-dealkylation sites (N-methyl/N-ethyl adjacent to an activating group) is 1. The Hall–Kier alpha value is -2.85. The van der Waals surface area contributed by atoms with Crippen LogP contribution in [0.3, 0.4) is 0 Å². The third-order valence-electron chi connectivity index (χ3n) is 5.82. The fourth-order valence-electron chi connectivity index (χ4n) is 4.16. The number of carbonyl (C=O) groups excluding carboxylic acids is 1. The summed E-state index contributed by atoms with van der Waals surface area (Å²) >= 11 is 0. The zero-order valence-electron chi connectivity index (χ0n) is 17.0. The summed E-state index contributed by atoms with van der Waals surface area (Å²) in [4.78, 5) is 23.1. The van der Waals surface area contributed by atoms with Crippen LogP contribution in [0.5, 0.6) is 0 Å². The number of hydrogen-bond acceptors (Lipinski definition) is 6. The molecule has 0 spiro atoms. The van der Waals surface area contributed by atoms with Gasteiger partial charge in [0.1, 0.15) is 17.4 Å². The standard InChI is InChI=1S/C19H24F3N7O/c1-4-13-17(30)26-15-10(2)24-18(27-16(15)28(13)3)25-12-7-11(8-12)9-29-14(5-6-23-29)19(20,21)22/h5-6,11-13H,4,7-9H2,1-3H3,(H,26,30)(H,24,25,27)/t11-,12+,13-/m0/s1. The van der Waals surface area contributed by atoms with Gasteiger partial charge in [-0.05, 0) is 38.2 Å². The summed E-state index contributed by atoms with van der Waals surface area (Å²) in [6.45, 7) is 3.99. The van der Waals surface area contributed by atoms with Gasteiger partial charge in [-0.3, -0.25) is 9.48 Å². The van der Waals surface area contributed by atoms with Crippen LogP contribution in [0.4, 0.5) is 30.6 Å². The average molecular weight is 423 g/mol. The first-order valence-corrected chi connectivity index (χ1v) is 9.95. The topological polar surface area (TPSA) is 88.0 Å². The zero-order chi connectivity index (χ0) is 21.6. The number of amides is 1. The van der Waals surface area contributed by atoms with Crippen molar-refractivity contribution in [3.8, 4) is 0 Å². The molecule has 1 fully saturated rings. The Morgan fingerprint density at radius 2 is 2.03 bits per heavy atom. The van der Waals surface area contributed by atoms with Crippen molar-refractivity contribution in [1.29, 1.82) is 0 Å². The Balaban J connectivity index is 1.40. The summed E-state index contributed by atoms with van der Waals surface area (Å²) < 4.78 is 40.0. The summed E-state index contributed by atoms with van der Waals surface area (Å²) in [5.74, 6) is 1.16. The Kier molecular flexibility index (Phi) is 5.07. The number of alkyl halides is 3. The van der Waals surface area contributed by atoms with E-state index in [1.165, 1.54) is 6.20 Å². The summed E-state index contributed by atoms with van der Waals surface area (Å²) in [6.07, 6.45) is -1.14. The van der Waals surface area contributed by atoms with Crippen molar-refractivity contribution in [2.24, 2.45) is 5.92 Å². The van der Waals surface area contributed by atoms with Crippen LogP contribution in [0.15, 0.2) is 12.3 Å². The molecule has 2 aliphatic rings. The molecule has 0 radical (unpaired) electrons. The van der Waals surface area contributed by atoms with Crippen LogP contribution >= 0.6 is 0 Å². The van der Waals surface area contributed by atoms with Gasteiger partial charge in [-0.25, -0.2) is 4.98 Å². The van der Waals surface area contributed by atoms with Crippen molar-refractivity contribution in [1.82, 2.24) is 19.7 Å². The van der Waals surface area contributed by atoms with Crippen LogP contribution in [-0.2, 0) is 17.5 Å². The van der Waals surface area contributed by atoms with E-state index in [4.69, 9.17) is 0 Å². The van der Waals surface area contributed by atoms with E-state index < -0.39 is 11.9 Å². The number of halogens is 3. The van der Waals surface area contributed by atoms with Gasteiger partial charge in [-0.1, -0.05) is 6.92 Å². The van der Waals surface area contributed by atoms with Gasteiger partial charge in [0.05, 0.1) is 5.69 Å². The minimum atomic E-state index is -4.40. The molecule has 8 nitrogen and oxygen atoms in total. The first-order chi connectivity index (χ1) is 14.2. The lowest BCUT2D eigenvalue weighted by Crippen LogP contribution is -2.46. The van der Waals surface area contributed by atoms with E-state index in [0.717, 1.165) is 10.7 Å². The van der Waals surface area contributed by atoms with Gasteiger partial charge in [0.15, 0.2) is 5.82 Å². The molecule has 0 saturated heterocycles. The van der Waals surface area contributed by atoms with E-state index in [9.17, 15) is 18.0 Å². The largest absolute Gasteiger partial charge is 0.433 e. The fourth-order valence-corrected chi connectivity index (χ4v) is 4.16. The summed E-state index contributed by atoms with van der Waals surface area (Å²) in [6, 6.07) is 0.796. The monoisotopic (exact) mass is 423 g/mol. The van der Waals surface area contributed by atoms with E-state index in [0.29, 0.717) is 42.4 Å². The first kappa shape index (κ1) is 20.4. The Morgan fingerprint density at radius 1 is 1.30 bits per heavy atom.